The van der Waals surface area contributed by atoms with Gasteiger partial charge in [0.05, 0.1) is 13.2 Å². The van der Waals surface area contributed by atoms with E-state index in [9.17, 15) is 8.78 Å². The highest BCUT2D eigenvalue weighted by Gasteiger charge is 2.35. The number of rotatable bonds is 5. The van der Waals surface area contributed by atoms with E-state index in [-0.39, 0.29) is 12.2 Å². The lowest BCUT2D eigenvalue weighted by Crippen LogP contribution is -2.41. The Morgan fingerprint density at radius 1 is 0.840 bits per heavy atom. The third-order valence-electron chi connectivity index (χ3n) is 6.77. The fourth-order valence-electron chi connectivity index (χ4n) is 5.20. The highest BCUT2D eigenvalue weighted by atomic mass is 19.3. The van der Waals surface area contributed by atoms with Crippen molar-refractivity contribution in [3.05, 3.63) is 12.2 Å². The number of allylic oxidation sites excluding steroid dienone is 1. The lowest BCUT2D eigenvalue weighted by molar-refractivity contribution is -0.237. The zero-order chi connectivity index (χ0) is 17.6. The van der Waals surface area contributed by atoms with Crippen LogP contribution in [0.4, 0.5) is 8.78 Å². The van der Waals surface area contributed by atoms with Crippen molar-refractivity contribution in [3.8, 4) is 0 Å². The molecule has 2 saturated carbocycles. The van der Waals surface area contributed by atoms with Gasteiger partial charge in [-0.3, -0.25) is 0 Å². The summed E-state index contributed by atoms with van der Waals surface area (Å²) in [4.78, 5) is 0. The lowest BCUT2D eigenvalue weighted by Gasteiger charge is -2.41. The number of ether oxygens (including phenoxy) is 2. The number of halogens is 2. The van der Waals surface area contributed by atoms with Crippen LogP contribution < -0.4 is 0 Å². The molecule has 25 heavy (non-hydrogen) atoms. The fraction of sp³-hybridized carbons (Fsp3) is 0.905. The van der Waals surface area contributed by atoms with Gasteiger partial charge in [0.15, 0.2) is 6.29 Å². The van der Waals surface area contributed by atoms with Crippen LogP contribution in [0.15, 0.2) is 12.2 Å². The summed E-state index contributed by atoms with van der Waals surface area (Å²) >= 11 is 0. The van der Waals surface area contributed by atoms with Gasteiger partial charge in [-0.25, -0.2) is 0 Å². The van der Waals surface area contributed by atoms with Gasteiger partial charge in [-0.15, -0.1) is 0 Å². The van der Waals surface area contributed by atoms with E-state index in [0.29, 0.717) is 17.8 Å². The molecule has 0 aromatic carbocycles. The summed E-state index contributed by atoms with van der Waals surface area (Å²) in [6, 6.07) is 0. The minimum absolute atomic E-state index is 0.00117. The Balaban J connectivity index is 1.37. The molecular formula is C21H34F2O2. The minimum atomic E-state index is -1.52. The highest BCUT2D eigenvalue weighted by molar-refractivity contribution is 4.92. The smallest absolute Gasteiger partial charge is 0.266 e. The second kappa shape index (κ2) is 9.45. The Kier molecular flexibility index (Phi) is 7.29. The van der Waals surface area contributed by atoms with Crippen molar-refractivity contribution in [1.29, 1.82) is 0 Å². The van der Waals surface area contributed by atoms with Crippen LogP contribution in [0.1, 0.15) is 71.1 Å². The molecule has 1 saturated heterocycles. The lowest BCUT2D eigenvalue weighted by atomic mass is 9.75. The maximum absolute atomic E-state index is 12.4. The van der Waals surface area contributed by atoms with E-state index in [1.165, 1.54) is 38.5 Å². The van der Waals surface area contributed by atoms with Crippen molar-refractivity contribution in [3.63, 3.8) is 0 Å². The Labute approximate surface area is 151 Å². The van der Waals surface area contributed by atoms with Crippen molar-refractivity contribution in [2.24, 2.45) is 29.6 Å². The SMILES string of the molecule is CCCC1CCC(C2OCC(C3CCC(C=C(F)F)CC3)CO2)CC1. The molecule has 3 rings (SSSR count). The molecule has 0 N–H and O–H groups in total. The third kappa shape index (κ3) is 5.50. The fourth-order valence-corrected chi connectivity index (χ4v) is 5.20. The van der Waals surface area contributed by atoms with E-state index in [2.05, 4.69) is 6.92 Å². The first-order chi connectivity index (χ1) is 12.2. The van der Waals surface area contributed by atoms with Gasteiger partial charge in [-0.1, -0.05) is 19.8 Å². The van der Waals surface area contributed by atoms with E-state index in [0.717, 1.165) is 50.9 Å². The molecule has 0 bridgehead atoms. The molecule has 0 radical (unpaired) electrons. The molecule has 3 aliphatic rings. The van der Waals surface area contributed by atoms with E-state index in [4.69, 9.17) is 9.47 Å². The maximum Gasteiger partial charge on any atom is 0.266 e. The Morgan fingerprint density at radius 2 is 1.44 bits per heavy atom. The van der Waals surface area contributed by atoms with E-state index in [1.54, 1.807) is 0 Å². The second-order valence-corrected chi connectivity index (χ2v) is 8.50. The van der Waals surface area contributed by atoms with Crippen LogP contribution in [0.25, 0.3) is 0 Å². The molecule has 3 fully saturated rings. The molecular weight excluding hydrogens is 322 g/mol. The number of hydrogen-bond donors (Lipinski definition) is 0. The second-order valence-electron chi connectivity index (χ2n) is 8.50. The van der Waals surface area contributed by atoms with Crippen molar-refractivity contribution < 1.29 is 18.3 Å². The molecule has 0 aromatic rings. The maximum atomic E-state index is 12.4. The van der Waals surface area contributed by atoms with Crippen molar-refractivity contribution in [2.75, 3.05) is 13.2 Å². The van der Waals surface area contributed by atoms with Crippen LogP contribution in [0.5, 0.6) is 0 Å². The minimum Gasteiger partial charge on any atom is -0.352 e. The summed E-state index contributed by atoms with van der Waals surface area (Å²) in [5.41, 5.74) is 0. The molecule has 1 aliphatic heterocycles. The molecule has 1 heterocycles. The summed E-state index contributed by atoms with van der Waals surface area (Å²) in [5, 5.41) is 0. The predicted octanol–water partition coefficient (Wildman–Crippen LogP) is 6.17. The van der Waals surface area contributed by atoms with Gasteiger partial charge in [0, 0.05) is 11.8 Å². The Morgan fingerprint density at radius 3 is 2.00 bits per heavy atom. The van der Waals surface area contributed by atoms with Crippen LogP contribution in [-0.4, -0.2) is 19.5 Å². The normalized spacial score (nSPS) is 39.8. The molecule has 2 aliphatic carbocycles. The van der Waals surface area contributed by atoms with Crippen LogP contribution in [0, 0.1) is 29.6 Å². The van der Waals surface area contributed by atoms with Gasteiger partial charge in [-0.05, 0) is 75.2 Å². The first-order valence-corrected chi connectivity index (χ1v) is 10.4. The van der Waals surface area contributed by atoms with Gasteiger partial charge < -0.3 is 9.47 Å². The first kappa shape index (κ1) is 19.3. The molecule has 144 valence electrons. The van der Waals surface area contributed by atoms with E-state index >= 15 is 0 Å². The van der Waals surface area contributed by atoms with Crippen molar-refractivity contribution in [1.82, 2.24) is 0 Å². The molecule has 2 nitrogen and oxygen atoms in total. The average molecular weight is 356 g/mol. The van der Waals surface area contributed by atoms with Crippen LogP contribution in [0.3, 0.4) is 0 Å². The molecule has 4 heteroatoms. The monoisotopic (exact) mass is 356 g/mol. The molecule has 0 spiro atoms. The zero-order valence-electron chi connectivity index (χ0n) is 15.6. The number of hydrogen-bond acceptors (Lipinski definition) is 2. The van der Waals surface area contributed by atoms with Crippen molar-refractivity contribution >= 4 is 0 Å². The van der Waals surface area contributed by atoms with Gasteiger partial charge >= 0.3 is 0 Å². The van der Waals surface area contributed by atoms with E-state index < -0.39 is 6.08 Å². The summed E-state index contributed by atoms with van der Waals surface area (Å²) < 4.78 is 37.0. The van der Waals surface area contributed by atoms with E-state index in [1.807, 2.05) is 0 Å². The Hall–Kier alpha value is -0.480. The van der Waals surface area contributed by atoms with Crippen LogP contribution >= 0.6 is 0 Å². The summed E-state index contributed by atoms with van der Waals surface area (Å²) in [6.45, 7) is 3.86. The predicted molar refractivity (Wildman–Crippen MR) is 95.3 cm³/mol. The highest BCUT2D eigenvalue weighted by Crippen LogP contribution is 2.39. The molecule has 0 aromatic heterocycles. The van der Waals surface area contributed by atoms with Crippen molar-refractivity contribution in [2.45, 2.75) is 77.4 Å². The summed E-state index contributed by atoms with van der Waals surface area (Å²) in [7, 11) is 0. The van der Waals surface area contributed by atoms with Crippen LogP contribution in [-0.2, 0) is 9.47 Å². The quantitative estimate of drug-likeness (QED) is 0.586. The van der Waals surface area contributed by atoms with Crippen LogP contribution in [0.2, 0.25) is 0 Å². The average Bonchev–Trinajstić information content (AvgIpc) is 2.63. The largest absolute Gasteiger partial charge is 0.352 e. The first-order valence-electron chi connectivity index (χ1n) is 10.4. The summed E-state index contributed by atoms with van der Waals surface area (Å²) in [6.07, 6.45) is 11.2. The topological polar surface area (TPSA) is 18.5 Å². The zero-order valence-corrected chi connectivity index (χ0v) is 15.6. The molecule has 0 unspecified atom stereocenters. The third-order valence-corrected chi connectivity index (χ3v) is 6.77. The van der Waals surface area contributed by atoms with Gasteiger partial charge in [0.1, 0.15) is 0 Å². The molecule has 0 amide bonds. The van der Waals surface area contributed by atoms with Gasteiger partial charge in [0.2, 0.25) is 0 Å². The van der Waals surface area contributed by atoms with Gasteiger partial charge in [-0.2, -0.15) is 8.78 Å². The molecule has 0 atom stereocenters. The van der Waals surface area contributed by atoms with Gasteiger partial charge in [0.25, 0.3) is 6.08 Å². The Bertz CT molecular complexity index is 412. The summed E-state index contributed by atoms with van der Waals surface area (Å²) in [5.74, 6) is 2.58. The standard InChI is InChI=1S/C21H34F2O2/c1-2-3-15-4-10-18(11-5-15)21-24-13-19(14-25-21)17-8-6-16(7-9-17)12-20(22)23/h12,15-19,21H,2-11,13-14H2,1H3.